The van der Waals surface area contributed by atoms with Crippen LogP contribution < -0.4 is 119 Å². The monoisotopic (exact) mass is 1970 g/mol. The fourth-order valence-corrected chi connectivity index (χ4v) is 17.5. The average Bonchev–Trinajstić information content (AvgIpc) is 1.65. The lowest BCUT2D eigenvalue weighted by atomic mass is 9.99. The zero-order valence-electron chi connectivity index (χ0n) is 82.5. The molecule has 8 rings (SSSR count). The molecule has 4 heterocycles. The Balaban J connectivity index is 1.26. The van der Waals surface area contributed by atoms with Crippen LogP contribution in [0.1, 0.15) is 199 Å². The zero-order chi connectivity index (χ0) is 103. The number of H-pyrrole nitrogens is 1. The van der Waals surface area contributed by atoms with Crippen LogP contribution in [0, 0.1) is 34.0 Å². The Bertz CT molecular complexity index is 5020. The summed E-state index contributed by atoms with van der Waals surface area (Å²) in [6.07, 6.45) is 3.08. The van der Waals surface area contributed by atoms with Crippen LogP contribution in [0.4, 0.5) is 0 Å². The SMILES string of the molecule is CC(C)C[C@@H]1NC(=O)[C@H](CCCNC(=N)N)NC(=O)[C@H](CC(C)C)NC(=O)[C@@H]2CCCN2C(=O)[C@H]2CCCN2C(=O)[C@H](C(C)C)NC(=O)[C@H](CCCNC(=N)N)NC(=O)[C@H](Cc2ccc(O)cc2)NC(=O)[C@H](CCCCN)NC(=O)[C@H](Cc2c[nH]c3ccccc23)NC(=O)[C@H](CCCNC(=N)N)NC(=O)[C@@H](Cc2ccc(OCc3ccccc3)cc2)NC(=O)[C@H](CCCCN)NC(=O)[C@H](CCCCN)NC1=O. The smallest absolute Gasteiger partial charge is 0.246 e. The van der Waals surface area contributed by atoms with Gasteiger partial charge in [0.15, 0.2) is 17.9 Å². The van der Waals surface area contributed by atoms with Crippen LogP contribution in [-0.2, 0) is 93.0 Å². The number of phenolic OH excluding ortho intramolecular Hbond substituents is 1. The van der Waals surface area contributed by atoms with Crippen LogP contribution in [0.3, 0.4) is 0 Å². The highest BCUT2D eigenvalue weighted by Crippen LogP contribution is 2.29. The van der Waals surface area contributed by atoms with Gasteiger partial charge < -0.3 is 139 Å². The van der Waals surface area contributed by atoms with Crippen LogP contribution >= 0.6 is 0 Å². The lowest BCUT2D eigenvalue weighted by Gasteiger charge is -2.34. The molecule has 43 nitrogen and oxygen atoms in total. The van der Waals surface area contributed by atoms with E-state index in [1.807, 2.05) is 44.2 Å². The minimum atomic E-state index is -1.61. The molecule has 3 fully saturated rings. The first kappa shape index (κ1) is 114. The summed E-state index contributed by atoms with van der Waals surface area (Å²) in [7, 11) is 0. The number of aromatic amines is 1. The average molecular weight is 1980 g/mol. The van der Waals surface area contributed by atoms with E-state index in [1.54, 1.807) is 82.4 Å². The van der Waals surface area contributed by atoms with Gasteiger partial charge in [0.2, 0.25) is 82.7 Å². The summed E-state index contributed by atoms with van der Waals surface area (Å²) in [6.45, 7) is 11.5. The van der Waals surface area contributed by atoms with Crippen LogP contribution in [-0.4, -0.2) is 257 Å². The van der Waals surface area contributed by atoms with Crippen molar-refractivity contribution in [3.8, 4) is 11.5 Å². The van der Waals surface area contributed by atoms with Gasteiger partial charge in [-0.05, 0) is 225 Å². The molecule has 0 unspecified atom stereocenters. The second kappa shape index (κ2) is 58.5. The number of carbonyl (C=O) groups excluding carboxylic acids is 14. The van der Waals surface area contributed by atoms with Crippen LogP contribution in [0.2, 0.25) is 0 Å². The number of fused-ring (bicyclic) bond motifs is 3. The first-order valence-corrected chi connectivity index (χ1v) is 49.6. The Kier molecular flexibility index (Phi) is 46.8. The number of rotatable bonds is 38. The first-order valence-electron chi connectivity index (χ1n) is 49.6. The largest absolute Gasteiger partial charge is 0.508 e. The summed E-state index contributed by atoms with van der Waals surface area (Å²) < 4.78 is 6.13. The highest BCUT2D eigenvalue weighted by atomic mass is 16.5. The van der Waals surface area contributed by atoms with E-state index < -0.39 is 185 Å². The minimum Gasteiger partial charge on any atom is -0.508 e. The predicted molar refractivity (Wildman–Crippen MR) is 537 cm³/mol. The number of phenols is 1. The predicted octanol–water partition coefficient (Wildman–Crippen LogP) is 0.219. The maximum atomic E-state index is 15.8. The number of guanidine groups is 3. The summed E-state index contributed by atoms with van der Waals surface area (Å²) in [5.74, 6) is -13.8. The Morgan fingerprint density at radius 3 is 1.12 bits per heavy atom. The molecule has 14 amide bonds. The number of para-hydroxylation sites is 1. The standard InChI is InChI=1S/C99H151N27O16/c1-58(2)51-75-89(134)114-69(27-12-15-43-100)83(128)113-70(28-13-16-44-101)84(129)121-78(54-62-37-41-66(42-38-62)142-57-63-23-8-7-9-24-63)91(136)117-73(31-19-47-110-98(105)106)87(132)122-79(55-64-56-112-68-26-11-10-25-67(64)68)93(138)115-71(29-14-17-45-102)85(130)120-77(53-61-35-39-65(127)40-36-61)92(137)118-74(32-20-48-111-99(107)108)88(133)124-82(60(5)6)96(141)126-50-22-34-81(126)95(140)125-49-21-33-80(125)94(139)123-76(52-59(3)4)90(135)116-72(86(131)119-75)30-18-46-109-97(103)104/h7-11,23-26,35-42,56,58-60,69-82,112,127H,12-22,27-34,43-55,57,100-102H2,1-6H3,(H,113,128)(H,114,134)(H,115,138)(H,116,135)(H,117,136)(H,118,137)(H,119,131)(H,120,130)(H,121,129)(H,122,132)(H,123,139)(H,124,133)(H4,103,104,109)(H4,105,106,110)(H4,107,108,111)/t69-,70-,71-,72-,73-,74-,75-,76-,77-,78+,79-,80-,81+,82-/m0/s1. The molecule has 43 heteroatoms. The third-order valence-electron chi connectivity index (χ3n) is 25.1. The number of hydrogen-bond donors (Lipinski definition) is 26. The van der Waals surface area contributed by atoms with E-state index in [0.717, 1.165) is 5.56 Å². The van der Waals surface area contributed by atoms with Gasteiger partial charge in [-0.2, -0.15) is 0 Å². The van der Waals surface area contributed by atoms with Gasteiger partial charge in [-0.3, -0.25) is 83.4 Å². The number of ether oxygens (including phenoxy) is 1. The Morgan fingerprint density at radius 2 is 0.718 bits per heavy atom. The van der Waals surface area contributed by atoms with Gasteiger partial charge in [0, 0.05) is 69.1 Å². The molecule has 778 valence electrons. The molecule has 3 aliphatic heterocycles. The van der Waals surface area contributed by atoms with E-state index >= 15 is 62.3 Å². The summed E-state index contributed by atoms with van der Waals surface area (Å²) in [5, 5.41) is 77.1. The highest BCUT2D eigenvalue weighted by Gasteiger charge is 2.46. The third-order valence-corrected chi connectivity index (χ3v) is 25.1. The number of unbranched alkanes of at least 4 members (excludes halogenated alkanes) is 3. The van der Waals surface area contributed by atoms with Crippen molar-refractivity contribution < 1.29 is 77.0 Å². The maximum absolute atomic E-state index is 15.8. The molecule has 0 radical (unpaired) electrons. The molecule has 0 saturated carbocycles. The summed E-state index contributed by atoms with van der Waals surface area (Å²) in [6, 6.07) is 8.84. The van der Waals surface area contributed by atoms with Crippen molar-refractivity contribution in [1.29, 1.82) is 16.2 Å². The normalized spacial score (nSPS) is 23.1. The van der Waals surface area contributed by atoms with Gasteiger partial charge in [-0.25, -0.2) is 0 Å². The molecule has 3 aliphatic rings. The quantitative estimate of drug-likeness (QED) is 0.0143. The molecule has 1 aromatic heterocycles. The van der Waals surface area contributed by atoms with E-state index in [1.165, 1.54) is 34.1 Å². The van der Waals surface area contributed by atoms with Crippen molar-refractivity contribution in [2.75, 3.05) is 52.4 Å². The molecular weight excluding hydrogens is 1820 g/mol. The lowest BCUT2D eigenvalue weighted by molar-refractivity contribution is -0.148. The molecular formula is C99H151N27O16. The molecule has 142 heavy (non-hydrogen) atoms. The van der Waals surface area contributed by atoms with Crippen LogP contribution in [0.15, 0.2) is 109 Å². The first-order chi connectivity index (χ1) is 67.9. The van der Waals surface area contributed by atoms with Crippen molar-refractivity contribution in [3.63, 3.8) is 0 Å². The van der Waals surface area contributed by atoms with E-state index in [9.17, 15) is 9.90 Å². The van der Waals surface area contributed by atoms with Crippen molar-refractivity contribution >= 4 is 111 Å². The van der Waals surface area contributed by atoms with Gasteiger partial charge in [-0.15, -0.1) is 0 Å². The minimum absolute atomic E-state index is 0.0117. The summed E-state index contributed by atoms with van der Waals surface area (Å²) in [5.41, 5.74) is 38.2. The highest BCUT2D eigenvalue weighted by molar-refractivity contribution is 6.02. The van der Waals surface area contributed by atoms with Gasteiger partial charge >= 0.3 is 0 Å². The molecule has 4 aromatic carbocycles. The van der Waals surface area contributed by atoms with Crippen LogP contribution in [0.25, 0.3) is 10.9 Å². The summed E-state index contributed by atoms with van der Waals surface area (Å²) in [4.78, 5) is 221. The molecule has 0 spiro atoms. The number of nitrogens with zero attached hydrogens (tertiary/aromatic N) is 2. The topological polar surface area (TPSA) is 699 Å². The lowest BCUT2D eigenvalue weighted by Crippen LogP contribution is -2.62. The van der Waals surface area contributed by atoms with E-state index in [-0.39, 0.29) is 205 Å². The molecule has 32 N–H and O–H groups in total. The summed E-state index contributed by atoms with van der Waals surface area (Å²) >= 11 is 0. The zero-order valence-corrected chi connectivity index (χ0v) is 82.5. The molecule has 5 aromatic rings. The van der Waals surface area contributed by atoms with E-state index in [2.05, 4.69) is 84.7 Å². The van der Waals surface area contributed by atoms with Gasteiger partial charge in [0.1, 0.15) is 103 Å². The fraction of sp³-hybridized carbons (Fsp3) is 0.566. The van der Waals surface area contributed by atoms with Gasteiger partial charge in [0.25, 0.3) is 0 Å². The molecule has 0 bridgehead atoms. The van der Waals surface area contributed by atoms with Crippen molar-refractivity contribution in [2.24, 2.45) is 52.2 Å². The second-order valence-electron chi connectivity index (χ2n) is 37.9. The number of hydrogen-bond acceptors (Lipinski definition) is 22. The maximum Gasteiger partial charge on any atom is 0.246 e. The number of aromatic hydroxyl groups is 1. The molecule has 3 saturated heterocycles. The number of benzene rings is 4. The van der Waals surface area contributed by atoms with E-state index in [0.29, 0.717) is 65.4 Å². The Hall–Kier alpha value is -13.7. The third kappa shape index (κ3) is 37.1. The Morgan fingerprint density at radius 1 is 0.380 bits per heavy atom. The number of aromatic nitrogens is 1. The molecule has 14 atom stereocenters. The van der Waals surface area contributed by atoms with Gasteiger partial charge in [-0.1, -0.05) is 114 Å². The second-order valence-corrected chi connectivity index (χ2v) is 37.9. The Labute approximate surface area is 829 Å². The van der Waals surface area contributed by atoms with Crippen molar-refractivity contribution in [3.05, 3.63) is 132 Å². The number of amides is 14. The van der Waals surface area contributed by atoms with Gasteiger partial charge in [0.05, 0.1) is 0 Å². The van der Waals surface area contributed by atoms with Crippen molar-refractivity contribution in [2.45, 2.75) is 287 Å². The molecule has 0 aliphatic carbocycles. The van der Waals surface area contributed by atoms with Crippen LogP contribution in [0.5, 0.6) is 11.5 Å². The fourth-order valence-electron chi connectivity index (χ4n) is 17.5. The number of nitrogens with two attached hydrogens (primary N) is 6. The van der Waals surface area contributed by atoms with E-state index in [4.69, 9.17) is 55.4 Å². The van der Waals surface area contributed by atoms with Crippen molar-refractivity contribution in [1.82, 2.24) is 94.5 Å². The number of carbonyl (C=O) groups is 14. The number of nitrogens with one attached hydrogen (secondary N) is 19.